The van der Waals surface area contributed by atoms with Gasteiger partial charge in [0.05, 0.1) is 0 Å². The van der Waals surface area contributed by atoms with Crippen LogP contribution in [-0.4, -0.2) is 44.7 Å². The number of amides is 1. The third-order valence-corrected chi connectivity index (χ3v) is 6.80. The minimum atomic E-state index is -0.0521. The van der Waals surface area contributed by atoms with E-state index in [0.29, 0.717) is 23.7 Å². The molecule has 7 heteroatoms. The van der Waals surface area contributed by atoms with E-state index in [-0.39, 0.29) is 5.91 Å². The van der Waals surface area contributed by atoms with Crippen LogP contribution >= 0.6 is 11.3 Å². The van der Waals surface area contributed by atoms with Gasteiger partial charge in [0, 0.05) is 43.5 Å². The standard InChI is InChI=1S/C18H23N5OS/c1-11-4-5-25-15(11)10-22-7-12-6-16-20-21-17(18(24)19-14-2-3-14)23(16)9-13(12)8-22/h4-5,12-14H,2-3,6-10H2,1H3,(H,19,24)/t12-,13+/m0/s1. The van der Waals surface area contributed by atoms with Crippen LogP contribution in [0.3, 0.4) is 0 Å². The molecule has 1 saturated heterocycles. The fourth-order valence-corrected chi connectivity index (χ4v) is 5.11. The number of carbonyl (C=O) groups is 1. The zero-order chi connectivity index (χ0) is 17.0. The second kappa shape index (κ2) is 5.92. The van der Waals surface area contributed by atoms with Crippen LogP contribution in [0.5, 0.6) is 0 Å². The van der Waals surface area contributed by atoms with Crippen molar-refractivity contribution in [2.75, 3.05) is 13.1 Å². The Labute approximate surface area is 151 Å². The molecule has 132 valence electrons. The van der Waals surface area contributed by atoms with Gasteiger partial charge < -0.3 is 9.88 Å². The SMILES string of the molecule is Cc1ccsc1CN1C[C@@H]2Cn3c(nnc3C(=O)NC3CC3)C[C@H]2C1. The first-order valence-corrected chi connectivity index (χ1v) is 10.0. The van der Waals surface area contributed by atoms with Crippen molar-refractivity contribution >= 4 is 17.2 Å². The highest BCUT2D eigenvalue weighted by molar-refractivity contribution is 7.10. The topological polar surface area (TPSA) is 63.1 Å². The number of fused-ring (bicyclic) bond motifs is 2. The summed E-state index contributed by atoms with van der Waals surface area (Å²) >= 11 is 1.85. The van der Waals surface area contributed by atoms with E-state index >= 15 is 0 Å². The van der Waals surface area contributed by atoms with Gasteiger partial charge in [0.1, 0.15) is 5.82 Å². The van der Waals surface area contributed by atoms with Crippen LogP contribution in [0.4, 0.5) is 0 Å². The molecule has 0 radical (unpaired) electrons. The van der Waals surface area contributed by atoms with Gasteiger partial charge in [0.25, 0.3) is 5.91 Å². The summed E-state index contributed by atoms with van der Waals surface area (Å²) in [5, 5.41) is 13.7. The summed E-state index contributed by atoms with van der Waals surface area (Å²) in [4.78, 5) is 16.4. The maximum absolute atomic E-state index is 12.4. The van der Waals surface area contributed by atoms with Gasteiger partial charge >= 0.3 is 0 Å². The Kier molecular flexibility index (Phi) is 3.67. The van der Waals surface area contributed by atoms with Crippen molar-refractivity contribution in [3.8, 4) is 0 Å². The van der Waals surface area contributed by atoms with E-state index in [2.05, 4.69) is 43.4 Å². The van der Waals surface area contributed by atoms with Gasteiger partial charge in [0.15, 0.2) is 0 Å². The quantitative estimate of drug-likeness (QED) is 0.907. The van der Waals surface area contributed by atoms with Crippen LogP contribution in [0.25, 0.3) is 0 Å². The lowest BCUT2D eigenvalue weighted by molar-refractivity contribution is 0.0932. The number of rotatable bonds is 4. The van der Waals surface area contributed by atoms with Gasteiger partial charge in [-0.05, 0) is 48.6 Å². The van der Waals surface area contributed by atoms with Crippen LogP contribution in [0.2, 0.25) is 0 Å². The zero-order valence-corrected chi connectivity index (χ0v) is 15.3. The predicted octanol–water partition coefficient (Wildman–Crippen LogP) is 1.84. The van der Waals surface area contributed by atoms with Gasteiger partial charge in [-0.15, -0.1) is 21.5 Å². The first-order chi connectivity index (χ1) is 12.2. The summed E-state index contributed by atoms with van der Waals surface area (Å²) in [6, 6.07) is 2.56. The van der Waals surface area contributed by atoms with Crippen molar-refractivity contribution < 1.29 is 4.79 Å². The maximum Gasteiger partial charge on any atom is 0.289 e. The first kappa shape index (κ1) is 15.5. The number of aromatic nitrogens is 3. The molecule has 25 heavy (non-hydrogen) atoms. The molecule has 6 nitrogen and oxygen atoms in total. The molecule has 4 heterocycles. The highest BCUT2D eigenvalue weighted by Crippen LogP contribution is 2.34. The Morgan fingerprint density at radius 1 is 1.28 bits per heavy atom. The Balaban J connectivity index is 1.29. The molecule has 0 aromatic carbocycles. The normalized spacial score (nSPS) is 25.6. The number of likely N-dealkylation sites (tertiary alicyclic amines) is 1. The Hall–Kier alpha value is -1.73. The van der Waals surface area contributed by atoms with Crippen molar-refractivity contribution in [2.45, 2.75) is 45.3 Å². The van der Waals surface area contributed by atoms with Crippen LogP contribution in [0.1, 0.15) is 39.7 Å². The maximum atomic E-state index is 12.4. The van der Waals surface area contributed by atoms with E-state index < -0.39 is 0 Å². The van der Waals surface area contributed by atoms with Gasteiger partial charge in [0.2, 0.25) is 5.82 Å². The third-order valence-electron chi connectivity index (χ3n) is 5.79. The van der Waals surface area contributed by atoms with E-state index in [4.69, 9.17) is 0 Å². The average Bonchev–Trinajstić information content (AvgIpc) is 2.99. The van der Waals surface area contributed by atoms with E-state index in [0.717, 1.165) is 51.3 Å². The number of nitrogens with zero attached hydrogens (tertiary/aromatic N) is 4. The molecule has 2 atom stereocenters. The van der Waals surface area contributed by atoms with Gasteiger partial charge in [-0.25, -0.2) is 0 Å². The number of thiophene rings is 1. The minimum absolute atomic E-state index is 0.0521. The summed E-state index contributed by atoms with van der Waals surface area (Å²) in [5.74, 6) is 2.67. The highest BCUT2D eigenvalue weighted by Gasteiger charge is 2.39. The van der Waals surface area contributed by atoms with Gasteiger partial charge in [-0.2, -0.15) is 0 Å². The molecule has 0 bridgehead atoms. The van der Waals surface area contributed by atoms with Crippen LogP contribution in [0.15, 0.2) is 11.4 Å². The van der Waals surface area contributed by atoms with Crippen molar-refractivity contribution in [3.05, 3.63) is 33.5 Å². The fourth-order valence-electron chi connectivity index (χ4n) is 4.17. The van der Waals surface area contributed by atoms with E-state index in [9.17, 15) is 4.79 Å². The number of hydrogen-bond donors (Lipinski definition) is 1. The molecular weight excluding hydrogens is 334 g/mol. The lowest BCUT2D eigenvalue weighted by Gasteiger charge is -2.25. The van der Waals surface area contributed by atoms with Crippen molar-refractivity contribution in [3.63, 3.8) is 0 Å². The molecule has 1 N–H and O–H groups in total. The number of aryl methyl sites for hydroxylation is 1. The predicted molar refractivity (Wildman–Crippen MR) is 95.5 cm³/mol. The fraction of sp³-hybridized carbons (Fsp3) is 0.611. The molecule has 3 aliphatic rings. The molecule has 2 aromatic heterocycles. The third kappa shape index (κ3) is 2.89. The molecule has 1 saturated carbocycles. The zero-order valence-electron chi connectivity index (χ0n) is 14.4. The van der Waals surface area contributed by atoms with E-state index in [1.165, 1.54) is 10.4 Å². The summed E-state index contributed by atoms with van der Waals surface area (Å²) in [5.41, 5.74) is 1.40. The molecular formula is C18H23N5OS. The lowest BCUT2D eigenvalue weighted by Crippen LogP contribution is -2.33. The largest absolute Gasteiger partial charge is 0.347 e. The smallest absolute Gasteiger partial charge is 0.289 e. The van der Waals surface area contributed by atoms with Crippen LogP contribution < -0.4 is 5.32 Å². The molecule has 1 aliphatic carbocycles. The average molecular weight is 357 g/mol. The lowest BCUT2D eigenvalue weighted by atomic mass is 9.89. The molecule has 2 aliphatic heterocycles. The van der Waals surface area contributed by atoms with Gasteiger partial charge in [-0.1, -0.05) is 0 Å². The molecule has 2 aromatic rings. The monoisotopic (exact) mass is 357 g/mol. The van der Waals surface area contributed by atoms with E-state index in [1.54, 1.807) is 0 Å². The second-order valence-electron chi connectivity index (χ2n) is 7.74. The van der Waals surface area contributed by atoms with Gasteiger partial charge in [-0.3, -0.25) is 9.69 Å². The Morgan fingerprint density at radius 3 is 2.88 bits per heavy atom. The molecule has 0 unspecified atom stereocenters. The first-order valence-electron chi connectivity index (χ1n) is 9.15. The molecule has 5 rings (SSSR count). The molecule has 0 spiro atoms. The summed E-state index contributed by atoms with van der Waals surface area (Å²) in [7, 11) is 0. The Bertz CT molecular complexity index is 808. The number of nitrogens with one attached hydrogen (secondary N) is 1. The number of carbonyl (C=O) groups excluding carboxylic acids is 1. The van der Waals surface area contributed by atoms with Crippen LogP contribution in [-0.2, 0) is 19.5 Å². The highest BCUT2D eigenvalue weighted by atomic mass is 32.1. The summed E-state index contributed by atoms with van der Waals surface area (Å²) < 4.78 is 2.07. The number of hydrogen-bond acceptors (Lipinski definition) is 5. The van der Waals surface area contributed by atoms with Crippen molar-refractivity contribution in [1.29, 1.82) is 0 Å². The van der Waals surface area contributed by atoms with Crippen molar-refractivity contribution in [1.82, 2.24) is 25.0 Å². The molecule has 1 amide bonds. The summed E-state index contributed by atoms with van der Waals surface area (Å²) in [6.45, 7) is 6.34. The Morgan fingerprint density at radius 2 is 2.12 bits per heavy atom. The summed E-state index contributed by atoms with van der Waals surface area (Å²) in [6.07, 6.45) is 3.12. The second-order valence-corrected chi connectivity index (χ2v) is 8.74. The molecule has 2 fully saturated rings. The minimum Gasteiger partial charge on any atom is -0.347 e. The van der Waals surface area contributed by atoms with Crippen LogP contribution in [0, 0.1) is 18.8 Å². The van der Waals surface area contributed by atoms with E-state index in [1.807, 2.05) is 11.3 Å². The van der Waals surface area contributed by atoms with Crippen molar-refractivity contribution in [2.24, 2.45) is 11.8 Å².